The third-order valence-corrected chi connectivity index (χ3v) is 5.71. The number of amides is 1. The van der Waals surface area contributed by atoms with Crippen LogP contribution in [0.3, 0.4) is 0 Å². The first-order valence-electron chi connectivity index (χ1n) is 10.4. The maximum atomic E-state index is 12.3. The Kier molecular flexibility index (Phi) is 11.2. The van der Waals surface area contributed by atoms with Crippen LogP contribution in [0.5, 0.6) is 0 Å². The van der Waals surface area contributed by atoms with Crippen molar-refractivity contribution in [1.29, 1.82) is 0 Å². The number of nitrogens with zero attached hydrogens (tertiary/aromatic N) is 4. The van der Waals surface area contributed by atoms with Crippen LogP contribution in [0.2, 0.25) is 0 Å². The van der Waals surface area contributed by atoms with Gasteiger partial charge in [-0.2, -0.15) is 0 Å². The number of esters is 1. The van der Waals surface area contributed by atoms with Crippen molar-refractivity contribution in [2.75, 3.05) is 60.5 Å². The van der Waals surface area contributed by atoms with Crippen LogP contribution in [0, 0.1) is 11.8 Å². The summed E-state index contributed by atoms with van der Waals surface area (Å²) in [5, 5.41) is 3.34. The third kappa shape index (κ3) is 6.97. The fourth-order valence-corrected chi connectivity index (χ4v) is 4.15. The Morgan fingerprint density at radius 3 is 2.62 bits per heavy atom. The molecular formula is C20H38IN5O3. The van der Waals surface area contributed by atoms with E-state index in [1.165, 1.54) is 7.11 Å². The van der Waals surface area contributed by atoms with E-state index in [0.717, 1.165) is 51.4 Å². The summed E-state index contributed by atoms with van der Waals surface area (Å²) >= 11 is 0. The van der Waals surface area contributed by atoms with Gasteiger partial charge in [0.2, 0.25) is 5.91 Å². The van der Waals surface area contributed by atoms with E-state index in [2.05, 4.69) is 29.0 Å². The topological polar surface area (TPSA) is 77.5 Å². The van der Waals surface area contributed by atoms with Crippen molar-refractivity contribution in [1.82, 2.24) is 20.0 Å². The van der Waals surface area contributed by atoms with Gasteiger partial charge in [0, 0.05) is 46.8 Å². The number of likely N-dealkylation sites (N-methyl/N-ethyl adjacent to an activating group) is 1. The molecule has 0 aromatic heterocycles. The summed E-state index contributed by atoms with van der Waals surface area (Å²) in [5.41, 5.74) is 0. The van der Waals surface area contributed by atoms with Crippen molar-refractivity contribution < 1.29 is 14.3 Å². The molecule has 0 aromatic rings. The van der Waals surface area contributed by atoms with Crippen LogP contribution >= 0.6 is 24.0 Å². The molecular weight excluding hydrogens is 485 g/mol. The van der Waals surface area contributed by atoms with E-state index in [4.69, 9.17) is 9.73 Å². The molecule has 2 fully saturated rings. The first kappa shape index (κ1) is 25.9. The van der Waals surface area contributed by atoms with Gasteiger partial charge in [-0.15, -0.1) is 24.0 Å². The molecule has 0 radical (unpaired) electrons. The van der Waals surface area contributed by atoms with Gasteiger partial charge in [0.15, 0.2) is 5.96 Å². The first-order chi connectivity index (χ1) is 13.4. The van der Waals surface area contributed by atoms with Gasteiger partial charge in [0.25, 0.3) is 0 Å². The molecule has 2 aliphatic rings. The zero-order valence-corrected chi connectivity index (χ0v) is 20.8. The number of hydrogen-bond donors (Lipinski definition) is 1. The molecule has 2 heterocycles. The molecule has 3 atom stereocenters. The number of ether oxygens (including phenoxy) is 1. The van der Waals surface area contributed by atoms with Crippen molar-refractivity contribution in [2.45, 2.75) is 39.2 Å². The second kappa shape index (κ2) is 12.6. The summed E-state index contributed by atoms with van der Waals surface area (Å²) in [5.74, 6) is 1.07. The maximum Gasteiger partial charge on any atom is 0.310 e. The van der Waals surface area contributed by atoms with Crippen molar-refractivity contribution in [2.24, 2.45) is 16.8 Å². The molecule has 168 valence electrons. The van der Waals surface area contributed by atoms with Crippen LogP contribution in [0.15, 0.2) is 4.99 Å². The van der Waals surface area contributed by atoms with E-state index in [1.54, 1.807) is 4.90 Å². The molecule has 9 heteroatoms. The van der Waals surface area contributed by atoms with Crippen LogP contribution < -0.4 is 5.32 Å². The average Bonchev–Trinajstić information content (AvgIpc) is 3.29. The third-order valence-electron chi connectivity index (χ3n) is 5.71. The molecule has 0 aromatic carbocycles. The van der Waals surface area contributed by atoms with Gasteiger partial charge in [-0.1, -0.05) is 6.92 Å². The maximum absolute atomic E-state index is 12.3. The minimum atomic E-state index is -0.142. The summed E-state index contributed by atoms with van der Waals surface area (Å²) in [7, 11) is 5.10. The molecule has 2 saturated heterocycles. The highest BCUT2D eigenvalue weighted by atomic mass is 127. The second-order valence-electron chi connectivity index (χ2n) is 8.03. The second-order valence-corrected chi connectivity index (χ2v) is 8.03. The number of carbonyl (C=O) groups excluding carboxylic acids is 2. The van der Waals surface area contributed by atoms with E-state index in [0.29, 0.717) is 13.1 Å². The number of hydrogen-bond acceptors (Lipinski definition) is 5. The lowest BCUT2D eigenvalue weighted by molar-refractivity contribution is -0.146. The van der Waals surface area contributed by atoms with Gasteiger partial charge in [0.05, 0.1) is 19.1 Å². The fourth-order valence-electron chi connectivity index (χ4n) is 4.15. The highest BCUT2D eigenvalue weighted by Gasteiger charge is 2.37. The Bertz CT molecular complexity index is 572. The van der Waals surface area contributed by atoms with Gasteiger partial charge in [-0.3, -0.25) is 19.5 Å². The van der Waals surface area contributed by atoms with E-state index >= 15 is 0 Å². The number of methoxy groups -OCH3 is 1. The molecule has 0 spiro atoms. The Balaban J connectivity index is 0.00000420. The van der Waals surface area contributed by atoms with Gasteiger partial charge < -0.3 is 19.9 Å². The number of nitrogens with one attached hydrogen (secondary N) is 1. The summed E-state index contributed by atoms with van der Waals surface area (Å²) in [6.45, 7) is 8.94. The van der Waals surface area contributed by atoms with Crippen LogP contribution in [0.1, 0.15) is 33.1 Å². The summed E-state index contributed by atoms with van der Waals surface area (Å²) < 4.78 is 4.93. The molecule has 0 aliphatic carbocycles. The lowest BCUT2D eigenvalue weighted by atomic mass is 9.99. The predicted octanol–water partition coefficient (Wildman–Crippen LogP) is 1.25. The normalized spacial score (nSPS) is 24.9. The largest absolute Gasteiger partial charge is 0.469 e. The summed E-state index contributed by atoms with van der Waals surface area (Å²) in [4.78, 5) is 35.2. The van der Waals surface area contributed by atoms with Crippen LogP contribution in [-0.4, -0.2) is 99.1 Å². The first-order valence-corrected chi connectivity index (χ1v) is 10.4. The fraction of sp³-hybridized carbons (Fsp3) is 0.850. The van der Waals surface area contributed by atoms with E-state index < -0.39 is 0 Å². The van der Waals surface area contributed by atoms with Gasteiger partial charge >= 0.3 is 5.97 Å². The number of likely N-dealkylation sites (tertiary alicyclic amines) is 2. The number of aliphatic imine (C=N–C) groups is 1. The number of halogens is 1. The van der Waals surface area contributed by atoms with Crippen LogP contribution in [-0.2, 0) is 14.3 Å². The van der Waals surface area contributed by atoms with Crippen molar-refractivity contribution in [3.05, 3.63) is 0 Å². The monoisotopic (exact) mass is 523 g/mol. The highest BCUT2D eigenvalue weighted by Crippen LogP contribution is 2.24. The molecule has 29 heavy (non-hydrogen) atoms. The quantitative estimate of drug-likeness (QED) is 0.178. The van der Waals surface area contributed by atoms with Crippen LogP contribution in [0.4, 0.5) is 0 Å². The van der Waals surface area contributed by atoms with E-state index in [1.807, 2.05) is 14.1 Å². The van der Waals surface area contributed by atoms with Crippen LogP contribution in [0.25, 0.3) is 0 Å². The smallest absolute Gasteiger partial charge is 0.310 e. The predicted molar refractivity (Wildman–Crippen MR) is 126 cm³/mol. The Morgan fingerprint density at radius 1 is 1.28 bits per heavy atom. The molecule has 3 unspecified atom stereocenters. The van der Waals surface area contributed by atoms with Gasteiger partial charge in [-0.25, -0.2) is 0 Å². The number of guanidine groups is 1. The summed E-state index contributed by atoms with van der Waals surface area (Å²) in [6.07, 6.45) is 2.94. The Hall–Kier alpha value is -1.10. The SMILES string of the molecule is CCNC(=NCCCN1CCCC1C(=O)N(C)C)N1CC(C)C(C(=O)OC)C1.I. The van der Waals surface area contributed by atoms with Crippen molar-refractivity contribution >= 4 is 41.8 Å². The molecule has 8 nitrogen and oxygen atoms in total. The molecule has 0 saturated carbocycles. The molecule has 0 bridgehead atoms. The lowest BCUT2D eigenvalue weighted by Gasteiger charge is -2.26. The van der Waals surface area contributed by atoms with E-state index in [9.17, 15) is 9.59 Å². The Morgan fingerprint density at radius 2 is 2.00 bits per heavy atom. The van der Waals surface area contributed by atoms with Gasteiger partial charge in [-0.05, 0) is 38.6 Å². The molecule has 1 amide bonds. The minimum Gasteiger partial charge on any atom is -0.469 e. The lowest BCUT2D eigenvalue weighted by Crippen LogP contribution is -2.43. The minimum absolute atomic E-state index is 0. The average molecular weight is 523 g/mol. The highest BCUT2D eigenvalue weighted by molar-refractivity contribution is 14.0. The molecule has 2 aliphatic heterocycles. The zero-order chi connectivity index (χ0) is 20.7. The van der Waals surface area contributed by atoms with Gasteiger partial charge in [0.1, 0.15) is 0 Å². The Labute approximate surface area is 192 Å². The standard InChI is InChI=1S/C20H37N5O3.HI/c1-6-21-20(25-13-15(2)16(14-25)19(27)28-5)22-10-8-12-24-11-7-9-17(24)18(26)23(3)4;/h15-17H,6-14H2,1-5H3,(H,21,22);1H. The van der Waals surface area contributed by atoms with Crippen molar-refractivity contribution in [3.8, 4) is 0 Å². The molecule has 2 rings (SSSR count). The number of rotatable bonds is 7. The summed E-state index contributed by atoms with van der Waals surface area (Å²) in [6, 6.07) is 0.0208. The number of carbonyl (C=O) groups is 2. The zero-order valence-electron chi connectivity index (χ0n) is 18.5. The van der Waals surface area contributed by atoms with Crippen molar-refractivity contribution in [3.63, 3.8) is 0 Å². The van der Waals surface area contributed by atoms with E-state index in [-0.39, 0.29) is 53.7 Å². The molecule has 1 N–H and O–H groups in total.